The van der Waals surface area contributed by atoms with Crippen molar-refractivity contribution < 1.29 is 9.53 Å². The van der Waals surface area contributed by atoms with E-state index in [0.29, 0.717) is 18.8 Å². The quantitative estimate of drug-likeness (QED) is 0.295. The monoisotopic (exact) mass is 454 g/mol. The summed E-state index contributed by atoms with van der Waals surface area (Å²) in [5, 5.41) is 2.88. The molecular weight excluding hydrogens is 424 g/mol. The van der Waals surface area contributed by atoms with Gasteiger partial charge in [-0.1, -0.05) is 74.1 Å². The molecule has 3 N–H and O–H groups in total. The summed E-state index contributed by atoms with van der Waals surface area (Å²) in [4.78, 5) is 12.5. The molecule has 3 aromatic carbocycles. The maximum atomic E-state index is 12.5. The van der Waals surface area contributed by atoms with Gasteiger partial charge in [0.2, 0.25) is 0 Å². The lowest BCUT2D eigenvalue weighted by molar-refractivity contribution is 0.142. The summed E-state index contributed by atoms with van der Waals surface area (Å²) in [6, 6.07) is 20.5. The van der Waals surface area contributed by atoms with E-state index in [1.165, 1.54) is 22.3 Å². The number of carbonyl (C=O) groups is 1. The van der Waals surface area contributed by atoms with Gasteiger partial charge in [-0.25, -0.2) is 4.79 Å². The van der Waals surface area contributed by atoms with Crippen LogP contribution in [-0.2, 0) is 11.3 Å². The molecule has 1 amide bonds. The molecule has 0 aliphatic heterocycles. The van der Waals surface area contributed by atoms with Crippen LogP contribution in [0.2, 0.25) is 19.6 Å². The van der Waals surface area contributed by atoms with Gasteiger partial charge in [-0.3, -0.25) is 0 Å². The van der Waals surface area contributed by atoms with Crippen LogP contribution >= 0.6 is 0 Å². The first kappa shape index (κ1) is 22.7. The largest absolute Gasteiger partial charge is 0.449 e. The van der Waals surface area contributed by atoms with Crippen LogP contribution in [0.25, 0.3) is 11.1 Å². The fraction of sp³-hybridized carbons (Fsp3) is 0.250. The first-order valence-electron chi connectivity index (χ1n) is 11.2. The van der Waals surface area contributed by atoms with Gasteiger partial charge in [0.1, 0.15) is 14.7 Å². The average molecular weight is 455 g/mol. The number of nitrogen functional groups attached to an aromatic ring is 1. The van der Waals surface area contributed by atoms with Crippen LogP contribution in [0.3, 0.4) is 0 Å². The van der Waals surface area contributed by atoms with Crippen molar-refractivity contribution in [2.45, 2.75) is 39.0 Å². The van der Waals surface area contributed by atoms with Crippen molar-refractivity contribution in [3.8, 4) is 22.6 Å². The number of ether oxygens (including phenoxy) is 1. The van der Waals surface area contributed by atoms with E-state index in [-0.39, 0.29) is 5.92 Å². The second-order valence-corrected chi connectivity index (χ2v) is 14.3. The Morgan fingerprint density at radius 2 is 1.64 bits per heavy atom. The first-order chi connectivity index (χ1) is 15.7. The number of carbonyl (C=O) groups excluding carboxylic acids is 1. The molecule has 4 rings (SSSR count). The predicted octanol–water partition coefficient (Wildman–Crippen LogP) is 5.84. The van der Waals surface area contributed by atoms with Crippen molar-refractivity contribution >= 4 is 19.9 Å². The Labute approximate surface area is 197 Å². The van der Waals surface area contributed by atoms with Gasteiger partial charge in [-0.15, -0.1) is 5.54 Å². The van der Waals surface area contributed by atoms with Crippen LogP contribution < -0.4 is 11.1 Å². The number of benzene rings is 3. The molecule has 0 saturated heterocycles. The van der Waals surface area contributed by atoms with Crippen molar-refractivity contribution in [2.75, 3.05) is 12.3 Å². The summed E-state index contributed by atoms with van der Waals surface area (Å²) < 4.78 is 5.65. The molecule has 0 saturated carbocycles. The molecule has 0 radical (unpaired) electrons. The lowest BCUT2D eigenvalue weighted by Gasteiger charge is -2.15. The summed E-state index contributed by atoms with van der Waals surface area (Å²) in [6.07, 6.45) is -0.437. The minimum absolute atomic E-state index is 0.0423. The first-order valence-corrected chi connectivity index (χ1v) is 14.7. The molecule has 33 heavy (non-hydrogen) atoms. The van der Waals surface area contributed by atoms with Crippen LogP contribution in [0, 0.1) is 18.4 Å². The van der Waals surface area contributed by atoms with Crippen LogP contribution in [0.4, 0.5) is 10.5 Å². The maximum Gasteiger partial charge on any atom is 0.407 e. The van der Waals surface area contributed by atoms with Crippen molar-refractivity contribution in [1.82, 2.24) is 5.32 Å². The van der Waals surface area contributed by atoms with Crippen LogP contribution in [0.1, 0.15) is 33.7 Å². The standard InChI is InChI=1S/C28H30N2O2Si/c1-19-21(15-20(16-27(19)29)13-14-33(2,3)4)17-30-28(31)32-18-26-24-11-7-5-9-22(24)23-10-6-8-12-25(23)26/h5-12,15-16,26H,17-18,29H2,1-4H3,(H,30,31). The third-order valence-corrected chi connectivity index (χ3v) is 6.78. The Morgan fingerprint density at radius 1 is 1.03 bits per heavy atom. The van der Waals surface area contributed by atoms with Crippen molar-refractivity contribution in [2.24, 2.45) is 0 Å². The lowest BCUT2D eigenvalue weighted by atomic mass is 9.98. The summed E-state index contributed by atoms with van der Waals surface area (Å²) >= 11 is 0. The van der Waals surface area contributed by atoms with E-state index < -0.39 is 14.2 Å². The second kappa shape index (κ2) is 9.17. The average Bonchev–Trinajstić information content (AvgIpc) is 3.10. The molecule has 3 aromatic rings. The van der Waals surface area contributed by atoms with E-state index in [2.05, 4.69) is 60.7 Å². The highest BCUT2D eigenvalue weighted by atomic mass is 28.3. The third kappa shape index (κ3) is 5.13. The summed E-state index contributed by atoms with van der Waals surface area (Å²) in [5.41, 5.74) is 17.8. The van der Waals surface area contributed by atoms with Crippen molar-refractivity contribution in [3.05, 3.63) is 88.5 Å². The van der Waals surface area contributed by atoms with E-state index >= 15 is 0 Å². The number of anilines is 1. The maximum absolute atomic E-state index is 12.5. The molecule has 0 atom stereocenters. The zero-order valence-corrected chi connectivity index (χ0v) is 20.7. The number of hydrogen-bond donors (Lipinski definition) is 2. The van der Waals surface area contributed by atoms with Gasteiger partial charge in [0.25, 0.3) is 0 Å². The number of amides is 1. The van der Waals surface area contributed by atoms with Gasteiger partial charge in [-0.2, -0.15) is 0 Å². The third-order valence-electron chi connectivity index (χ3n) is 5.90. The molecule has 0 spiro atoms. The minimum Gasteiger partial charge on any atom is -0.449 e. The Hall–Kier alpha value is -3.49. The fourth-order valence-corrected chi connectivity index (χ4v) is 4.65. The fourth-order valence-electron chi connectivity index (χ4n) is 4.13. The van der Waals surface area contributed by atoms with Gasteiger partial charge in [-0.05, 0) is 52.4 Å². The molecule has 0 fully saturated rings. The highest BCUT2D eigenvalue weighted by Crippen LogP contribution is 2.44. The molecule has 0 unspecified atom stereocenters. The van der Waals surface area contributed by atoms with Crippen LogP contribution in [0.5, 0.6) is 0 Å². The molecule has 168 valence electrons. The van der Waals surface area contributed by atoms with E-state index in [9.17, 15) is 4.79 Å². The van der Waals surface area contributed by atoms with Crippen molar-refractivity contribution in [3.63, 3.8) is 0 Å². The van der Waals surface area contributed by atoms with Gasteiger partial charge in [0, 0.05) is 23.7 Å². The van der Waals surface area contributed by atoms with Crippen LogP contribution in [-0.4, -0.2) is 20.8 Å². The number of fused-ring (bicyclic) bond motifs is 3. The van der Waals surface area contributed by atoms with Gasteiger partial charge >= 0.3 is 6.09 Å². The Bertz CT molecular complexity index is 1220. The molecule has 0 heterocycles. The number of nitrogens with two attached hydrogens (primary N) is 1. The molecule has 0 bridgehead atoms. The zero-order valence-electron chi connectivity index (χ0n) is 19.7. The molecule has 1 aliphatic rings. The highest BCUT2D eigenvalue weighted by Gasteiger charge is 2.29. The summed E-state index contributed by atoms with van der Waals surface area (Å²) in [5.74, 6) is 3.29. The number of hydrogen-bond acceptors (Lipinski definition) is 3. The smallest absolute Gasteiger partial charge is 0.407 e. The number of alkyl carbamates (subject to hydrolysis) is 1. The molecule has 0 aromatic heterocycles. The topological polar surface area (TPSA) is 64.3 Å². The Kier molecular flexibility index (Phi) is 6.30. The van der Waals surface area contributed by atoms with E-state index in [1.54, 1.807) is 0 Å². The van der Waals surface area contributed by atoms with E-state index in [4.69, 9.17) is 10.5 Å². The van der Waals surface area contributed by atoms with Gasteiger partial charge in [0.05, 0.1) is 0 Å². The van der Waals surface area contributed by atoms with Crippen LogP contribution in [0.15, 0.2) is 60.7 Å². The molecule has 5 heteroatoms. The van der Waals surface area contributed by atoms with Crippen molar-refractivity contribution in [1.29, 1.82) is 0 Å². The molecular formula is C28H30N2O2Si. The molecule has 4 nitrogen and oxygen atoms in total. The lowest BCUT2D eigenvalue weighted by Crippen LogP contribution is -2.26. The van der Waals surface area contributed by atoms with E-state index in [0.717, 1.165) is 16.7 Å². The summed E-state index contributed by atoms with van der Waals surface area (Å²) in [7, 11) is -1.49. The zero-order chi connectivity index (χ0) is 23.6. The number of nitrogens with one attached hydrogen (secondary N) is 1. The Balaban J connectivity index is 1.43. The highest BCUT2D eigenvalue weighted by molar-refractivity contribution is 6.83. The van der Waals surface area contributed by atoms with E-state index in [1.807, 2.05) is 43.3 Å². The predicted molar refractivity (Wildman–Crippen MR) is 138 cm³/mol. The molecule has 1 aliphatic carbocycles. The SMILES string of the molecule is Cc1c(N)cc(C#C[Si](C)(C)C)cc1CNC(=O)OCC1c2ccccc2-c2ccccc21. The number of rotatable bonds is 4. The second-order valence-electron chi connectivity index (χ2n) is 9.53. The summed E-state index contributed by atoms with van der Waals surface area (Å²) in [6.45, 7) is 9.21. The van der Waals surface area contributed by atoms with Gasteiger partial charge in [0.15, 0.2) is 0 Å². The normalized spacial score (nSPS) is 12.4. The van der Waals surface area contributed by atoms with Gasteiger partial charge < -0.3 is 15.8 Å². The minimum atomic E-state index is -1.49. The Morgan fingerprint density at radius 3 is 2.24 bits per heavy atom.